The van der Waals surface area contributed by atoms with Crippen molar-refractivity contribution in [2.24, 2.45) is 5.92 Å². The number of hydrogen-bond acceptors (Lipinski definition) is 7. The van der Waals surface area contributed by atoms with Crippen LogP contribution in [0.1, 0.15) is 18.4 Å². The van der Waals surface area contributed by atoms with E-state index < -0.39 is 39.6 Å². The highest BCUT2D eigenvalue weighted by Crippen LogP contribution is 2.58. The van der Waals surface area contributed by atoms with E-state index in [0.29, 0.717) is 0 Å². The summed E-state index contributed by atoms with van der Waals surface area (Å²) >= 11 is 2.58. The average molecular weight is 585 g/mol. The van der Waals surface area contributed by atoms with Crippen molar-refractivity contribution >= 4 is 54.9 Å². The Kier molecular flexibility index (Phi) is 7.36. The summed E-state index contributed by atoms with van der Waals surface area (Å²) in [7, 11) is -4.03. The Hall–Kier alpha value is -3.33. The van der Waals surface area contributed by atoms with Gasteiger partial charge in [0.1, 0.15) is 14.8 Å². The molecule has 3 N–H and O–H groups in total. The lowest BCUT2D eigenvalue weighted by atomic mass is 10.1. The van der Waals surface area contributed by atoms with Crippen LogP contribution in [-0.2, 0) is 19.6 Å². The molecule has 14 heteroatoms. The van der Waals surface area contributed by atoms with E-state index in [4.69, 9.17) is 9.90 Å². The maximum atomic E-state index is 13.2. The molecule has 3 atom stereocenters. The maximum Gasteiger partial charge on any atom is 0.490 e. The number of halogens is 3. The molecule has 38 heavy (non-hydrogen) atoms. The van der Waals surface area contributed by atoms with E-state index in [0.717, 1.165) is 37.0 Å². The lowest BCUT2D eigenvalue weighted by Crippen LogP contribution is -2.45. The van der Waals surface area contributed by atoms with Gasteiger partial charge in [-0.2, -0.15) is 17.9 Å². The predicted octanol–water partition coefficient (Wildman–Crippen LogP) is 5.19. The summed E-state index contributed by atoms with van der Waals surface area (Å²) in [5, 5.41) is 17.8. The lowest BCUT2D eigenvalue weighted by Gasteiger charge is -2.15. The van der Waals surface area contributed by atoms with Gasteiger partial charge in [-0.3, -0.25) is 4.79 Å². The Balaban J connectivity index is 0.000000426. The summed E-state index contributed by atoms with van der Waals surface area (Å²) in [6, 6.07) is 20.1. The molecule has 1 fully saturated rings. The molecule has 1 aliphatic carbocycles. The number of nitrogens with one attached hydrogen (secondary N) is 1. The molecule has 4 aromatic rings. The minimum absolute atomic E-state index is 0.0771. The summed E-state index contributed by atoms with van der Waals surface area (Å²) in [6.07, 6.45) is -5.08. The van der Waals surface area contributed by atoms with Crippen molar-refractivity contribution in [1.82, 2.24) is 9.71 Å². The van der Waals surface area contributed by atoms with Crippen LogP contribution in [-0.4, -0.2) is 47.3 Å². The number of thiophene rings is 1. The largest absolute Gasteiger partial charge is 0.490 e. The van der Waals surface area contributed by atoms with Crippen LogP contribution in [0.25, 0.3) is 20.1 Å². The number of alkyl halides is 3. The van der Waals surface area contributed by atoms with Gasteiger partial charge in [-0.15, -0.1) is 22.7 Å². The van der Waals surface area contributed by atoms with E-state index in [1.807, 2.05) is 54.6 Å². The van der Waals surface area contributed by atoms with Crippen molar-refractivity contribution in [3.8, 4) is 9.88 Å². The van der Waals surface area contributed by atoms with Gasteiger partial charge in [-0.05, 0) is 35.7 Å². The molecule has 0 amide bonds. The number of carboxylic acids is 2. The molecule has 2 heterocycles. The van der Waals surface area contributed by atoms with Crippen molar-refractivity contribution in [3.05, 3.63) is 72.3 Å². The maximum absolute atomic E-state index is 13.2. The van der Waals surface area contributed by atoms with E-state index in [1.165, 1.54) is 17.4 Å². The van der Waals surface area contributed by atoms with Crippen molar-refractivity contribution in [1.29, 1.82) is 0 Å². The predicted molar refractivity (Wildman–Crippen MR) is 136 cm³/mol. The number of aromatic nitrogens is 1. The van der Waals surface area contributed by atoms with Gasteiger partial charge in [0.2, 0.25) is 0 Å². The number of benzene rings is 2. The van der Waals surface area contributed by atoms with E-state index in [-0.39, 0.29) is 10.1 Å². The first kappa shape index (κ1) is 27.7. The van der Waals surface area contributed by atoms with Crippen LogP contribution in [0.3, 0.4) is 0 Å². The summed E-state index contributed by atoms with van der Waals surface area (Å²) in [6.45, 7) is 1.76. The Labute approximate surface area is 222 Å². The zero-order chi connectivity index (χ0) is 27.9. The van der Waals surface area contributed by atoms with E-state index >= 15 is 0 Å². The fraction of sp³-hybridized carbons (Fsp3) is 0.208. The normalized spacial score (nSPS) is 20.9. The fourth-order valence-electron chi connectivity index (χ4n) is 4.13. The second-order valence-electron chi connectivity index (χ2n) is 8.37. The smallest absolute Gasteiger partial charge is 0.480 e. The molecule has 0 spiro atoms. The molecule has 2 aromatic carbocycles. The topological polar surface area (TPSA) is 134 Å². The third-order valence-corrected chi connectivity index (χ3v) is 10.3. The molecule has 200 valence electrons. The number of carboxylic acid groups (broad SMARTS) is 2. The number of fused-ring (bicyclic) bond motifs is 1. The zero-order valence-electron chi connectivity index (χ0n) is 19.3. The zero-order valence-corrected chi connectivity index (χ0v) is 21.8. The first-order valence-corrected chi connectivity index (χ1v) is 14.0. The van der Waals surface area contributed by atoms with Gasteiger partial charge >= 0.3 is 18.1 Å². The number of nitrogens with zero attached hydrogens (tertiary/aromatic N) is 1. The van der Waals surface area contributed by atoms with Gasteiger partial charge in [0.25, 0.3) is 10.0 Å². The summed E-state index contributed by atoms with van der Waals surface area (Å²) in [5.74, 6) is -4.72. The van der Waals surface area contributed by atoms with E-state index in [9.17, 15) is 31.5 Å². The number of hydrogen-bond donors (Lipinski definition) is 3. The number of thiazole rings is 1. The Bertz CT molecular complexity index is 1570. The minimum Gasteiger partial charge on any atom is -0.480 e. The average Bonchev–Trinajstić information content (AvgIpc) is 3.24. The molecule has 5 rings (SSSR count). The quantitative estimate of drug-likeness (QED) is 0.284. The van der Waals surface area contributed by atoms with Crippen molar-refractivity contribution < 1.29 is 41.4 Å². The summed E-state index contributed by atoms with van der Waals surface area (Å²) in [5.41, 5.74) is 0.113. The van der Waals surface area contributed by atoms with Gasteiger partial charge in [0, 0.05) is 5.92 Å². The highest BCUT2D eigenvalue weighted by molar-refractivity contribution is 7.91. The molecule has 0 bridgehead atoms. The first-order valence-electron chi connectivity index (χ1n) is 10.9. The van der Waals surface area contributed by atoms with Crippen LogP contribution in [0.15, 0.2) is 70.9 Å². The minimum atomic E-state index is -5.08. The van der Waals surface area contributed by atoms with E-state index in [2.05, 4.69) is 9.71 Å². The Morgan fingerprint density at radius 1 is 0.974 bits per heavy atom. The second-order valence-corrected chi connectivity index (χ2v) is 12.4. The number of aliphatic carboxylic acids is 2. The summed E-state index contributed by atoms with van der Waals surface area (Å²) in [4.78, 5) is 26.4. The van der Waals surface area contributed by atoms with Gasteiger partial charge < -0.3 is 10.2 Å². The SMILES string of the molecule is CC1[C@H](c2ccccc2)[C@]1(NS(=O)(=O)c1ccc(-c2nc3ccccc3s2)s1)C(=O)O.O=C(O)C(F)(F)F. The van der Waals surface area contributed by atoms with E-state index in [1.54, 1.807) is 13.0 Å². The van der Waals surface area contributed by atoms with Gasteiger partial charge in [-0.1, -0.05) is 49.4 Å². The third kappa shape index (κ3) is 5.29. The van der Waals surface area contributed by atoms with Crippen LogP contribution in [0.4, 0.5) is 13.2 Å². The molecule has 1 saturated carbocycles. The van der Waals surface area contributed by atoms with Gasteiger partial charge in [0.15, 0.2) is 0 Å². The fourth-order valence-corrected chi connectivity index (χ4v) is 7.91. The van der Waals surface area contributed by atoms with Gasteiger partial charge in [-0.25, -0.2) is 18.2 Å². The molecule has 1 aliphatic rings. The van der Waals surface area contributed by atoms with Crippen LogP contribution in [0.2, 0.25) is 0 Å². The molecule has 8 nitrogen and oxygen atoms in total. The monoisotopic (exact) mass is 584 g/mol. The van der Waals surface area contributed by atoms with Crippen LogP contribution in [0, 0.1) is 5.92 Å². The number of carbonyl (C=O) groups is 2. The first-order chi connectivity index (χ1) is 17.8. The molecular formula is C24H19F3N2O6S3. The third-order valence-electron chi connectivity index (χ3n) is 6.01. The highest BCUT2D eigenvalue weighted by atomic mass is 32.2. The highest BCUT2D eigenvalue weighted by Gasteiger charge is 2.70. The van der Waals surface area contributed by atoms with Crippen LogP contribution in [0.5, 0.6) is 0 Å². The lowest BCUT2D eigenvalue weighted by molar-refractivity contribution is -0.192. The molecule has 0 radical (unpaired) electrons. The molecule has 0 saturated heterocycles. The standard InChI is InChI=1S/C22H18N2O4S3.C2HF3O2/c1-13-19(14-7-3-2-4-8-14)22(13,21(25)26)24-31(27,28)18-12-11-17(29-18)20-23-15-9-5-6-10-16(15)30-20;3-2(4,5)1(6)7/h2-13,19,24H,1H3,(H,25,26);(H,6,7)/t13?,19-,22+;/m1./s1. The van der Waals surface area contributed by atoms with Crippen LogP contribution < -0.4 is 4.72 Å². The Morgan fingerprint density at radius 3 is 2.16 bits per heavy atom. The molecule has 0 aliphatic heterocycles. The van der Waals surface area contributed by atoms with Gasteiger partial charge in [0.05, 0.1) is 15.1 Å². The number of rotatable bonds is 6. The Morgan fingerprint density at radius 2 is 1.58 bits per heavy atom. The van der Waals surface area contributed by atoms with Crippen molar-refractivity contribution in [3.63, 3.8) is 0 Å². The second kappa shape index (κ2) is 10.1. The van der Waals surface area contributed by atoms with Crippen molar-refractivity contribution in [2.45, 2.75) is 28.8 Å². The van der Waals surface area contributed by atoms with Crippen molar-refractivity contribution in [2.75, 3.05) is 0 Å². The molecule has 1 unspecified atom stereocenters. The number of sulfonamides is 1. The number of para-hydroxylation sites is 1. The molecular weight excluding hydrogens is 565 g/mol. The summed E-state index contributed by atoms with van der Waals surface area (Å²) < 4.78 is 61.7. The molecule has 2 aromatic heterocycles. The van der Waals surface area contributed by atoms with Crippen LogP contribution >= 0.6 is 22.7 Å².